The summed E-state index contributed by atoms with van der Waals surface area (Å²) in [4.78, 5) is 39.0. The van der Waals surface area contributed by atoms with E-state index < -0.39 is 29.5 Å². The fraction of sp³-hybridized carbons (Fsp3) is 0.519. The van der Waals surface area contributed by atoms with Crippen molar-refractivity contribution in [3.05, 3.63) is 48.0 Å². The minimum absolute atomic E-state index is 0.0127. The zero-order chi connectivity index (χ0) is 25.4. The first-order chi connectivity index (χ1) is 16.7. The van der Waals surface area contributed by atoms with E-state index in [1.54, 1.807) is 13.8 Å². The molecule has 0 spiro atoms. The van der Waals surface area contributed by atoms with Crippen molar-refractivity contribution in [3.8, 4) is 0 Å². The van der Waals surface area contributed by atoms with Crippen LogP contribution in [0.2, 0.25) is 0 Å². The van der Waals surface area contributed by atoms with Crippen LogP contribution in [0.3, 0.4) is 0 Å². The molecule has 0 aromatic heterocycles. The first-order valence-corrected chi connectivity index (χ1v) is 12.5. The van der Waals surface area contributed by atoms with E-state index >= 15 is 0 Å². The number of carbonyl (C=O) groups excluding carboxylic acids is 3. The number of aliphatic hydroxyl groups is 1. The normalized spacial score (nSPS) is 16.3. The van der Waals surface area contributed by atoms with Crippen LogP contribution in [0.1, 0.15) is 51.5 Å². The Balaban J connectivity index is 1.73. The Morgan fingerprint density at radius 3 is 2.43 bits per heavy atom. The third kappa shape index (κ3) is 7.50. The second kappa shape index (κ2) is 12.1. The molecule has 2 aromatic carbocycles. The van der Waals surface area contributed by atoms with Gasteiger partial charge in [0.05, 0.1) is 6.10 Å². The molecule has 190 valence electrons. The molecule has 1 aliphatic carbocycles. The average Bonchev–Trinajstić information content (AvgIpc) is 2.86. The molecule has 6 N–H and O–H groups in total. The molecule has 3 amide bonds. The van der Waals surface area contributed by atoms with Crippen molar-refractivity contribution in [1.82, 2.24) is 16.0 Å². The number of nitrogens with two attached hydrogens (primary N) is 1. The molecule has 1 fully saturated rings. The molecular weight excluding hydrogens is 444 g/mol. The lowest BCUT2D eigenvalue weighted by Crippen LogP contribution is -2.60. The minimum Gasteiger partial charge on any atom is -0.390 e. The van der Waals surface area contributed by atoms with E-state index in [0.717, 1.165) is 48.4 Å². The summed E-state index contributed by atoms with van der Waals surface area (Å²) in [6, 6.07) is 12.9. The molecule has 2 unspecified atom stereocenters. The van der Waals surface area contributed by atoms with E-state index in [4.69, 9.17) is 5.73 Å². The van der Waals surface area contributed by atoms with Gasteiger partial charge in [-0.1, -0.05) is 61.7 Å². The number of fused-ring (bicyclic) bond motifs is 1. The summed E-state index contributed by atoms with van der Waals surface area (Å²) in [5.41, 5.74) is 5.14. The zero-order valence-corrected chi connectivity index (χ0v) is 20.7. The molecule has 2 atom stereocenters. The largest absolute Gasteiger partial charge is 0.390 e. The van der Waals surface area contributed by atoms with Crippen molar-refractivity contribution < 1.29 is 19.5 Å². The van der Waals surface area contributed by atoms with Gasteiger partial charge in [0.1, 0.15) is 11.6 Å². The Kier molecular flexibility index (Phi) is 9.23. The maximum Gasteiger partial charge on any atom is 0.245 e. The summed E-state index contributed by atoms with van der Waals surface area (Å²) in [6.45, 7) is 3.29. The number of amides is 3. The Morgan fingerprint density at radius 2 is 1.74 bits per heavy atom. The summed E-state index contributed by atoms with van der Waals surface area (Å²) in [6.07, 6.45) is 4.23. The molecule has 1 aliphatic rings. The van der Waals surface area contributed by atoms with Crippen molar-refractivity contribution >= 4 is 28.5 Å². The van der Waals surface area contributed by atoms with Gasteiger partial charge in [0.2, 0.25) is 17.7 Å². The SMILES string of the molecule is CC(C)(NC(=O)C1CCCCC1)C(=O)NC(Cc1ccc2ccccc2c1)C(=O)NCC(O)CN. The lowest BCUT2D eigenvalue weighted by Gasteiger charge is -2.31. The van der Waals surface area contributed by atoms with Gasteiger partial charge in [-0.2, -0.15) is 0 Å². The van der Waals surface area contributed by atoms with Crippen molar-refractivity contribution in [1.29, 1.82) is 0 Å². The molecule has 0 radical (unpaired) electrons. The number of nitrogens with one attached hydrogen (secondary N) is 3. The molecular formula is C27H38N4O4. The lowest BCUT2D eigenvalue weighted by atomic mass is 9.88. The molecule has 2 aromatic rings. The topological polar surface area (TPSA) is 134 Å². The van der Waals surface area contributed by atoms with Crippen LogP contribution in [0.25, 0.3) is 10.8 Å². The lowest BCUT2D eigenvalue weighted by molar-refractivity contribution is -0.136. The second-order valence-corrected chi connectivity index (χ2v) is 10.00. The maximum atomic E-state index is 13.2. The molecule has 0 bridgehead atoms. The third-order valence-electron chi connectivity index (χ3n) is 6.64. The van der Waals surface area contributed by atoms with Gasteiger partial charge < -0.3 is 26.8 Å². The van der Waals surface area contributed by atoms with Crippen molar-refractivity contribution in [2.24, 2.45) is 11.7 Å². The van der Waals surface area contributed by atoms with E-state index in [1.165, 1.54) is 0 Å². The third-order valence-corrected chi connectivity index (χ3v) is 6.64. The van der Waals surface area contributed by atoms with Crippen LogP contribution < -0.4 is 21.7 Å². The number of carbonyl (C=O) groups is 3. The fourth-order valence-corrected chi connectivity index (χ4v) is 4.41. The number of rotatable bonds is 10. The highest BCUT2D eigenvalue weighted by molar-refractivity contribution is 5.95. The molecule has 0 saturated heterocycles. The van der Waals surface area contributed by atoms with Gasteiger partial charge in [0.15, 0.2) is 0 Å². The van der Waals surface area contributed by atoms with Gasteiger partial charge in [-0.15, -0.1) is 0 Å². The number of benzene rings is 2. The highest BCUT2D eigenvalue weighted by Gasteiger charge is 2.35. The van der Waals surface area contributed by atoms with E-state index in [1.807, 2.05) is 42.5 Å². The molecule has 8 heteroatoms. The Morgan fingerprint density at radius 1 is 1.06 bits per heavy atom. The van der Waals surface area contributed by atoms with Crippen molar-refractivity contribution in [2.75, 3.05) is 13.1 Å². The summed E-state index contributed by atoms with van der Waals surface area (Å²) in [5, 5.41) is 20.2. The first kappa shape index (κ1) is 26.6. The van der Waals surface area contributed by atoms with E-state index in [2.05, 4.69) is 16.0 Å². The highest BCUT2D eigenvalue weighted by Crippen LogP contribution is 2.24. The molecule has 0 aliphatic heterocycles. The average molecular weight is 483 g/mol. The highest BCUT2D eigenvalue weighted by atomic mass is 16.3. The summed E-state index contributed by atoms with van der Waals surface area (Å²) >= 11 is 0. The van der Waals surface area contributed by atoms with Crippen LogP contribution >= 0.6 is 0 Å². The summed E-state index contributed by atoms with van der Waals surface area (Å²) in [5.74, 6) is -1.06. The Labute approximate surface area is 207 Å². The van der Waals surface area contributed by atoms with Gasteiger partial charge >= 0.3 is 0 Å². The predicted octanol–water partition coefficient (Wildman–Crippen LogP) is 1.78. The predicted molar refractivity (Wildman–Crippen MR) is 136 cm³/mol. The van der Waals surface area contributed by atoms with E-state index in [9.17, 15) is 19.5 Å². The van der Waals surface area contributed by atoms with Crippen molar-refractivity contribution in [2.45, 2.75) is 70.1 Å². The van der Waals surface area contributed by atoms with Gasteiger partial charge in [-0.05, 0) is 43.0 Å². The summed E-state index contributed by atoms with van der Waals surface area (Å²) < 4.78 is 0. The number of hydrogen-bond donors (Lipinski definition) is 5. The van der Waals surface area contributed by atoms with Crippen LogP contribution in [-0.2, 0) is 20.8 Å². The Bertz CT molecular complexity index is 1030. The Hall–Kier alpha value is -2.97. The zero-order valence-electron chi connectivity index (χ0n) is 20.7. The van der Waals surface area contributed by atoms with E-state index in [0.29, 0.717) is 0 Å². The van der Waals surface area contributed by atoms with Gasteiger partial charge in [0, 0.05) is 25.4 Å². The molecule has 1 saturated carbocycles. The monoisotopic (exact) mass is 482 g/mol. The first-order valence-electron chi connectivity index (χ1n) is 12.5. The van der Waals surface area contributed by atoms with Gasteiger partial charge in [-0.3, -0.25) is 14.4 Å². The van der Waals surface area contributed by atoms with Crippen LogP contribution in [0.5, 0.6) is 0 Å². The van der Waals surface area contributed by atoms with Crippen LogP contribution in [0.4, 0.5) is 0 Å². The van der Waals surface area contributed by atoms with E-state index in [-0.39, 0.29) is 31.3 Å². The molecule has 3 rings (SSSR count). The number of aliphatic hydroxyl groups excluding tert-OH is 1. The van der Waals surface area contributed by atoms with Crippen LogP contribution in [0.15, 0.2) is 42.5 Å². The maximum absolute atomic E-state index is 13.2. The molecule has 35 heavy (non-hydrogen) atoms. The number of hydrogen-bond acceptors (Lipinski definition) is 5. The minimum atomic E-state index is -1.19. The van der Waals surface area contributed by atoms with Crippen LogP contribution in [0, 0.1) is 5.92 Å². The van der Waals surface area contributed by atoms with Crippen molar-refractivity contribution in [3.63, 3.8) is 0 Å². The quantitative estimate of drug-likeness (QED) is 0.352. The smallest absolute Gasteiger partial charge is 0.245 e. The van der Waals surface area contributed by atoms with Crippen LogP contribution in [-0.4, -0.2) is 53.6 Å². The summed E-state index contributed by atoms with van der Waals surface area (Å²) in [7, 11) is 0. The molecule has 0 heterocycles. The standard InChI is InChI=1S/C27H38N4O4/c1-27(2,31-24(33)20-9-4-3-5-10-20)26(35)30-23(25(34)29-17-22(32)16-28)15-18-12-13-19-8-6-7-11-21(19)14-18/h6-8,11-14,20,22-23,32H,3-5,9-10,15-17,28H2,1-2H3,(H,29,34)(H,30,35)(H,31,33). The van der Waals surface area contributed by atoms with Gasteiger partial charge in [-0.25, -0.2) is 0 Å². The second-order valence-electron chi connectivity index (χ2n) is 10.00. The van der Waals surface area contributed by atoms with Gasteiger partial charge in [0.25, 0.3) is 0 Å². The molecule has 8 nitrogen and oxygen atoms in total. The fourth-order valence-electron chi connectivity index (χ4n) is 4.41.